The minimum Gasteiger partial charge on any atom is -0.314 e. The summed E-state index contributed by atoms with van der Waals surface area (Å²) >= 11 is 6.41. The molecule has 0 atom stereocenters. The molecule has 0 bridgehead atoms. The quantitative estimate of drug-likeness (QED) is 0.163. The monoisotopic (exact) mass is 515 g/mol. The van der Waals surface area contributed by atoms with Gasteiger partial charge in [0.05, 0.1) is 0 Å². The first kappa shape index (κ1) is 26.2. The van der Waals surface area contributed by atoms with Crippen molar-refractivity contribution in [2.75, 3.05) is 0 Å². The van der Waals surface area contributed by atoms with Gasteiger partial charge in [-0.1, -0.05) is 79.2 Å². The summed E-state index contributed by atoms with van der Waals surface area (Å²) in [7, 11) is 0. The Morgan fingerprint density at radius 3 is 2.41 bits per heavy atom. The van der Waals surface area contributed by atoms with Gasteiger partial charge in [-0.15, -0.1) is 0 Å². The fraction of sp³-hybridized carbons (Fsp3) is 0.226. The number of carbonyl (C=O) groups is 1. The van der Waals surface area contributed by atoms with Crippen LogP contribution in [0.2, 0.25) is 5.02 Å². The molecule has 37 heavy (non-hydrogen) atoms. The molecule has 0 amide bonds. The van der Waals surface area contributed by atoms with Crippen LogP contribution in [0.1, 0.15) is 37.3 Å². The van der Waals surface area contributed by atoms with E-state index in [1.54, 1.807) is 16.7 Å². The molecule has 5 nitrogen and oxygen atoms in total. The maximum absolute atomic E-state index is 12.8. The SMILES string of the molecule is CCCC(=O)OOc1cccc(CCCn2cc(-c3ccccc3-c3ccccc3C)cc(Cl)c2=O)c1. The highest BCUT2D eigenvalue weighted by Crippen LogP contribution is 2.34. The lowest BCUT2D eigenvalue weighted by Gasteiger charge is -2.15. The summed E-state index contributed by atoms with van der Waals surface area (Å²) in [4.78, 5) is 34.4. The second-order valence-corrected chi connectivity index (χ2v) is 9.38. The van der Waals surface area contributed by atoms with Gasteiger partial charge in [-0.05, 0) is 72.2 Å². The van der Waals surface area contributed by atoms with Gasteiger partial charge in [0.2, 0.25) is 0 Å². The number of halogens is 1. The highest BCUT2D eigenvalue weighted by atomic mass is 35.5. The molecule has 0 aliphatic rings. The van der Waals surface area contributed by atoms with Crippen molar-refractivity contribution in [2.24, 2.45) is 0 Å². The molecule has 0 saturated carbocycles. The summed E-state index contributed by atoms with van der Waals surface area (Å²) in [5.41, 5.74) is 6.15. The highest BCUT2D eigenvalue weighted by Gasteiger charge is 2.13. The minimum absolute atomic E-state index is 0.196. The van der Waals surface area contributed by atoms with Gasteiger partial charge >= 0.3 is 5.97 Å². The van der Waals surface area contributed by atoms with Crippen LogP contribution < -0.4 is 10.4 Å². The summed E-state index contributed by atoms with van der Waals surface area (Å²) in [5.74, 6) is 0.0741. The molecule has 4 aromatic rings. The first-order valence-electron chi connectivity index (χ1n) is 12.5. The lowest BCUT2D eigenvalue weighted by atomic mass is 9.93. The molecule has 0 aliphatic carbocycles. The Kier molecular flexibility index (Phi) is 8.81. The van der Waals surface area contributed by atoms with Gasteiger partial charge in [0, 0.05) is 24.7 Å². The van der Waals surface area contributed by atoms with E-state index in [1.807, 2.05) is 55.6 Å². The molecule has 4 rings (SSSR count). The predicted molar refractivity (Wildman–Crippen MR) is 148 cm³/mol. The van der Waals surface area contributed by atoms with E-state index in [4.69, 9.17) is 21.4 Å². The van der Waals surface area contributed by atoms with Crippen molar-refractivity contribution < 1.29 is 14.6 Å². The smallest absolute Gasteiger partial charge is 0.314 e. The second-order valence-electron chi connectivity index (χ2n) is 8.98. The number of pyridine rings is 1. The van der Waals surface area contributed by atoms with Crippen LogP contribution in [0.5, 0.6) is 5.75 Å². The molecule has 6 heteroatoms. The van der Waals surface area contributed by atoms with Crippen molar-refractivity contribution in [3.63, 3.8) is 0 Å². The largest absolute Gasteiger partial charge is 0.355 e. The van der Waals surface area contributed by atoms with E-state index in [0.717, 1.165) is 34.2 Å². The van der Waals surface area contributed by atoms with Crippen molar-refractivity contribution in [1.82, 2.24) is 4.57 Å². The Hall–Kier alpha value is -3.83. The fourth-order valence-electron chi connectivity index (χ4n) is 4.30. The van der Waals surface area contributed by atoms with Crippen LogP contribution in [0.15, 0.2) is 89.9 Å². The predicted octanol–water partition coefficient (Wildman–Crippen LogP) is 7.41. The topological polar surface area (TPSA) is 57.5 Å². The van der Waals surface area contributed by atoms with E-state index in [9.17, 15) is 9.59 Å². The van der Waals surface area contributed by atoms with Crippen LogP contribution in [-0.4, -0.2) is 10.5 Å². The third-order valence-electron chi connectivity index (χ3n) is 6.16. The zero-order valence-corrected chi connectivity index (χ0v) is 21.8. The van der Waals surface area contributed by atoms with Gasteiger partial charge < -0.3 is 4.57 Å². The lowest BCUT2D eigenvalue weighted by molar-refractivity contribution is -0.213. The second kappa shape index (κ2) is 12.4. The average molecular weight is 516 g/mol. The molecule has 190 valence electrons. The molecule has 0 radical (unpaired) electrons. The number of hydrogen-bond acceptors (Lipinski definition) is 4. The molecule has 0 fully saturated rings. The van der Waals surface area contributed by atoms with Gasteiger partial charge in [0.25, 0.3) is 5.56 Å². The summed E-state index contributed by atoms with van der Waals surface area (Å²) in [6.45, 7) is 4.50. The minimum atomic E-state index is -0.395. The van der Waals surface area contributed by atoms with Gasteiger partial charge in [-0.2, -0.15) is 0 Å². The Labute approximate surface area is 222 Å². The van der Waals surface area contributed by atoms with Gasteiger partial charge in [-0.3, -0.25) is 14.6 Å². The summed E-state index contributed by atoms with van der Waals surface area (Å²) in [6.07, 6.45) is 4.33. The van der Waals surface area contributed by atoms with Crippen LogP contribution in [0.25, 0.3) is 22.3 Å². The van der Waals surface area contributed by atoms with E-state index in [-0.39, 0.29) is 10.6 Å². The van der Waals surface area contributed by atoms with Crippen molar-refractivity contribution in [2.45, 2.75) is 46.1 Å². The summed E-state index contributed by atoms with van der Waals surface area (Å²) < 4.78 is 1.68. The van der Waals surface area contributed by atoms with Crippen molar-refractivity contribution in [3.05, 3.63) is 112 Å². The van der Waals surface area contributed by atoms with E-state index < -0.39 is 5.97 Å². The van der Waals surface area contributed by atoms with E-state index >= 15 is 0 Å². The number of nitrogens with zero attached hydrogens (tertiary/aromatic N) is 1. The lowest BCUT2D eigenvalue weighted by Crippen LogP contribution is -2.20. The maximum atomic E-state index is 12.8. The Bertz CT molecular complexity index is 1440. The van der Waals surface area contributed by atoms with E-state index in [1.165, 1.54) is 5.56 Å². The number of hydrogen-bond donors (Lipinski definition) is 0. The van der Waals surface area contributed by atoms with Crippen LogP contribution in [0, 0.1) is 6.92 Å². The first-order valence-corrected chi connectivity index (χ1v) is 12.9. The highest BCUT2D eigenvalue weighted by molar-refractivity contribution is 6.30. The molecule has 0 aliphatic heterocycles. The zero-order chi connectivity index (χ0) is 26.2. The van der Waals surface area contributed by atoms with Gasteiger partial charge in [-0.25, -0.2) is 4.79 Å². The van der Waals surface area contributed by atoms with Crippen LogP contribution in [0.4, 0.5) is 0 Å². The van der Waals surface area contributed by atoms with Crippen molar-refractivity contribution in [1.29, 1.82) is 0 Å². The Morgan fingerprint density at radius 1 is 0.919 bits per heavy atom. The van der Waals surface area contributed by atoms with E-state index in [2.05, 4.69) is 31.2 Å². The molecule has 0 unspecified atom stereocenters. The van der Waals surface area contributed by atoms with Crippen LogP contribution in [-0.2, 0) is 22.6 Å². The maximum Gasteiger partial charge on any atom is 0.355 e. The molecule has 1 heterocycles. The van der Waals surface area contributed by atoms with Crippen LogP contribution >= 0.6 is 11.6 Å². The molecule has 0 N–H and O–H groups in total. The molecule has 1 aromatic heterocycles. The van der Waals surface area contributed by atoms with Crippen LogP contribution in [0.3, 0.4) is 0 Å². The number of carbonyl (C=O) groups excluding carboxylic acids is 1. The fourth-order valence-corrected chi connectivity index (χ4v) is 4.53. The average Bonchev–Trinajstić information content (AvgIpc) is 2.90. The third kappa shape index (κ3) is 6.69. The number of benzene rings is 3. The number of aryl methyl sites for hydroxylation is 3. The van der Waals surface area contributed by atoms with Crippen molar-refractivity contribution >= 4 is 17.6 Å². The third-order valence-corrected chi connectivity index (χ3v) is 6.43. The zero-order valence-electron chi connectivity index (χ0n) is 21.1. The van der Waals surface area contributed by atoms with Gasteiger partial charge in [0.1, 0.15) is 5.02 Å². The summed E-state index contributed by atoms with van der Waals surface area (Å²) in [5, 5.41) is 0.196. The Balaban J connectivity index is 1.51. The first-order chi connectivity index (χ1) is 18.0. The summed E-state index contributed by atoms with van der Waals surface area (Å²) in [6, 6.07) is 25.6. The number of aromatic nitrogens is 1. The standard InChI is InChI=1S/C31H30ClNO4/c1-3-10-30(34)37-36-25-14-8-12-23(19-25)13-9-18-33-21-24(20-29(32)31(33)35)27-16-6-7-17-28(27)26-15-5-4-11-22(26)2/h4-8,11-12,14-17,19-21H,3,9-10,13,18H2,1-2H3. The van der Waals surface area contributed by atoms with E-state index in [0.29, 0.717) is 31.6 Å². The molecule has 0 spiro atoms. The van der Waals surface area contributed by atoms with Gasteiger partial charge in [0.15, 0.2) is 5.75 Å². The molecule has 3 aromatic carbocycles. The van der Waals surface area contributed by atoms with Crippen molar-refractivity contribution in [3.8, 4) is 28.0 Å². The normalized spacial score (nSPS) is 10.8. The molecule has 0 saturated heterocycles. The molecular formula is C31H30ClNO4. The molecular weight excluding hydrogens is 486 g/mol. The Morgan fingerprint density at radius 2 is 1.65 bits per heavy atom. The number of rotatable bonds is 10.